The molecular weight excluding hydrogens is 400 g/mol. The Morgan fingerprint density at radius 2 is 1.84 bits per heavy atom. The summed E-state index contributed by atoms with van der Waals surface area (Å²) in [6.45, 7) is 11.9. The molecule has 0 fully saturated rings. The van der Waals surface area contributed by atoms with Crippen molar-refractivity contribution >= 4 is 22.6 Å². The second kappa shape index (κ2) is 9.57. The molecule has 5 nitrogen and oxygen atoms in total. The molecule has 1 amide bonds. The number of rotatable bonds is 6. The molecule has 0 bridgehead atoms. The molecule has 0 aliphatic heterocycles. The number of hydrogen-bond donors (Lipinski definition) is 0. The molecule has 0 aliphatic rings. The largest absolute Gasteiger partial charge is 0.488 e. The molecule has 3 aromatic rings. The summed E-state index contributed by atoms with van der Waals surface area (Å²) in [5.74, 6) is 0.631. The Kier molecular flexibility index (Phi) is 6.85. The van der Waals surface area contributed by atoms with Crippen molar-refractivity contribution in [3.63, 3.8) is 0 Å². The number of amides is 1. The number of nitrogens with zero attached hydrogens (tertiary/aromatic N) is 2. The van der Waals surface area contributed by atoms with Crippen LogP contribution in [0.3, 0.4) is 0 Å². The number of benzene rings is 3. The molecule has 0 aliphatic carbocycles. The van der Waals surface area contributed by atoms with Crippen LogP contribution in [-0.4, -0.2) is 18.2 Å². The fourth-order valence-electron chi connectivity index (χ4n) is 3.44. The number of hydrogen-bond acceptors (Lipinski definition) is 4. The third-order valence-electron chi connectivity index (χ3n) is 4.92. The Hall–Kier alpha value is -3.78. The molecule has 3 aromatic carbocycles. The second-order valence-electron chi connectivity index (χ2n) is 8.54. The lowest BCUT2D eigenvalue weighted by Gasteiger charge is -2.28. The SMILES string of the molecule is C=CCN(C(=O)OC(C)(C)C)c1cc(OCc2ccccc2)c2ccc(C#N)cc2c1C. The van der Waals surface area contributed by atoms with Gasteiger partial charge in [-0.1, -0.05) is 36.4 Å². The molecule has 5 heteroatoms. The van der Waals surface area contributed by atoms with Gasteiger partial charge in [-0.05, 0) is 62.4 Å². The third-order valence-corrected chi connectivity index (χ3v) is 4.92. The van der Waals surface area contributed by atoms with Crippen molar-refractivity contribution in [2.45, 2.75) is 39.9 Å². The summed E-state index contributed by atoms with van der Waals surface area (Å²) >= 11 is 0. The van der Waals surface area contributed by atoms with Gasteiger partial charge in [0.25, 0.3) is 0 Å². The van der Waals surface area contributed by atoms with Crippen LogP contribution in [0.15, 0.2) is 67.3 Å². The molecule has 0 atom stereocenters. The molecule has 0 spiro atoms. The van der Waals surface area contributed by atoms with E-state index in [0.717, 1.165) is 21.9 Å². The first-order valence-electron chi connectivity index (χ1n) is 10.5. The molecule has 0 radical (unpaired) electrons. The van der Waals surface area contributed by atoms with Crippen LogP contribution in [0.25, 0.3) is 10.8 Å². The van der Waals surface area contributed by atoms with Crippen molar-refractivity contribution in [2.24, 2.45) is 0 Å². The van der Waals surface area contributed by atoms with Crippen molar-refractivity contribution in [2.75, 3.05) is 11.4 Å². The van der Waals surface area contributed by atoms with E-state index >= 15 is 0 Å². The lowest BCUT2D eigenvalue weighted by molar-refractivity contribution is 0.0584. The molecule has 164 valence electrons. The standard InChI is InChI=1S/C27H28N2O3/c1-6-14-29(26(30)32-27(3,4)5)24-16-25(31-18-20-10-8-7-9-11-20)22-13-12-21(17-28)15-23(22)19(24)2/h6-13,15-16H,1,14,18H2,2-5H3. The predicted octanol–water partition coefficient (Wildman–Crippen LogP) is 6.53. The summed E-state index contributed by atoms with van der Waals surface area (Å²) in [5.41, 5.74) is 2.45. The Morgan fingerprint density at radius 3 is 2.47 bits per heavy atom. The predicted molar refractivity (Wildman–Crippen MR) is 128 cm³/mol. The smallest absolute Gasteiger partial charge is 0.415 e. The minimum Gasteiger partial charge on any atom is -0.488 e. The minimum absolute atomic E-state index is 0.275. The van der Waals surface area contributed by atoms with Crippen LogP contribution in [0, 0.1) is 18.3 Å². The Morgan fingerprint density at radius 1 is 1.12 bits per heavy atom. The third kappa shape index (κ3) is 5.28. The highest BCUT2D eigenvalue weighted by molar-refractivity contribution is 6.00. The maximum absolute atomic E-state index is 13.0. The first kappa shape index (κ1) is 22.9. The van der Waals surface area contributed by atoms with Crippen LogP contribution >= 0.6 is 0 Å². The summed E-state index contributed by atoms with van der Waals surface area (Å²) in [4.78, 5) is 14.6. The van der Waals surface area contributed by atoms with E-state index in [2.05, 4.69) is 12.6 Å². The Labute approximate surface area is 189 Å². The van der Waals surface area contributed by atoms with Crippen molar-refractivity contribution in [1.29, 1.82) is 5.26 Å². The highest BCUT2D eigenvalue weighted by atomic mass is 16.6. The maximum Gasteiger partial charge on any atom is 0.415 e. The van der Waals surface area contributed by atoms with E-state index in [0.29, 0.717) is 23.6 Å². The van der Waals surface area contributed by atoms with Crippen molar-refractivity contribution in [3.05, 3.63) is 83.9 Å². The van der Waals surface area contributed by atoms with Crippen LogP contribution in [0.5, 0.6) is 5.75 Å². The van der Waals surface area contributed by atoms with Gasteiger partial charge in [0.15, 0.2) is 0 Å². The van der Waals surface area contributed by atoms with Crippen LogP contribution in [0.2, 0.25) is 0 Å². The number of nitriles is 1. The summed E-state index contributed by atoms with van der Waals surface area (Å²) in [6, 6.07) is 19.4. The van der Waals surface area contributed by atoms with Crippen molar-refractivity contribution < 1.29 is 14.3 Å². The molecule has 0 saturated carbocycles. The van der Waals surface area contributed by atoms with Crippen LogP contribution in [-0.2, 0) is 11.3 Å². The van der Waals surface area contributed by atoms with Crippen molar-refractivity contribution in [3.8, 4) is 11.8 Å². The van der Waals surface area contributed by atoms with Gasteiger partial charge >= 0.3 is 6.09 Å². The van der Waals surface area contributed by atoms with Gasteiger partial charge in [-0.25, -0.2) is 4.79 Å². The van der Waals surface area contributed by atoms with E-state index in [-0.39, 0.29) is 6.54 Å². The Bertz CT molecular complexity index is 1170. The average Bonchev–Trinajstić information content (AvgIpc) is 2.76. The molecule has 0 heterocycles. The lowest BCUT2D eigenvalue weighted by atomic mass is 9.99. The summed E-state index contributed by atoms with van der Waals surface area (Å²) in [5, 5.41) is 11.1. The number of anilines is 1. The van der Waals surface area contributed by atoms with Crippen LogP contribution in [0.4, 0.5) is 10.5 Å². The van der Waals surface area contributed by atoms with Crippen molar-refractivity contribution in [1.82, 2.24) is 0 Å². The van der Waals surface area contributed by atoms with Gasteiger partial charge in [-0.3, -0.25) is 4.90 Å². The Balaban J connectivity index is 2.13. The van der Waals surface area contributed by atoms with E-state index in [1.807, 2.05) is 76.2 Å². The van der Waals surface area contributed by atoms with Crippen LogP contribution in [0.1, 0.15) is 37.5 Å². The molecule has 0 unspecified atom stereocenters. The topological polar surface area (TPSA) is 62.6 Å². The normalized spacial score (nSPS) is 11.0. The molecule has 3 rings (SSSR count). The fourth-order valence-corrected chi connectivity index (χ4v) is 3.44. The van der Waals surface area contributed by atoms with E-state index in [4.69, 9.17) is 9.47 Å². The summed E-state index contributed by atoms with van der Waals surface area (Å²) in [6.07, 6.45) is 1.19. The van der Waals surface area contributed by atoms with Gasteiger partial charge in [0.1, 0.15) is 18.0 Å². The highest BCUT2D eigenvalue weighted by Gasteiger charge is 2.25. The van der Waals surface area contributed by atoms with E-state index in [1.165, 1.54) is 0 Å². The monoisotopic (exact) mass is 428 g/mol. The van der Waals surface area contributed by atoms with E-state index in [9.17, 15) is 10.1 Å². The average molecular weight is 429 g/mol. The molecular formula is C27H28N2O3. The fraction of sp³-hybridized carbons (Fsp3) is 0.259. The quantitative estimate of drug-likeness (QED) is 0.419. The van der Waals surface area contributed by atoms with Gasteiger partial charge in [0, 0.05) is 18.0 Å². The molecule has 32 heavy (non-hydrogen) atoms. The summed E-state index contributed by atoms with van der Waals surface area (Å²) < 4.78 is 11.8. The number of aryl methyl sites for hydroxylation is 1. The number of carbonyl (C=O) groups is 1. The highest BCUT2D eigenvalue weighted by Crippen LogP contribution is 2.37. The van der Waals surface area contributed by atoms with E-state index in [1.54, 1.807) is 17.0 Å². The first-order chi connectivity index (χ1) is 15.2. The molecule has 0 N–H and O–H groups in total. The zero-order valence-corrected chi connectivity index (χ0v) is 19.0. The van der Waals surface area contributed by atoms with Gasteiger partial charge < -0.3 is 9.47 Å². The number of ether oxygens (including phenoxy) is 2. The minimum atomic E-state index is -0.637. The maximum atomic E-state index is 13.0. The lowest BCUT2D eigenvalue weighted by Crippen LogP contribution is -2.37. The summed E-state index contributed by atoms with van der Waals surface area (Å²) in [7, 11) is 0. The van der Waals surface area contributed by atoms with Crippen LogP contribution < -0.4 is 9.64 Å². The molecule has 0 saturated heterocycles. The first-order valence-corrected chi connectivity index (χ1v) is 10.5. The number of carbonyl (C=O) groups excluding carboxylic acids is 1. The van der Waals surface area contributed by atoms with Gasteiger partial charge in [-0.15, -0.1) is 6.58 Å². The van der Waals surface area contributed by atoms with Gasteiger partial charge in [0.05, 0.1) is 17.3 Å². The van der Waals surface area contributed by atoms with Gasteiger partial charge in [0.2, 0.25) is 0 Å². The van der Waals surface area contributed by atoms with Gasteiger partial charge in [-0.2, -0.15) is 5.26 Å². The zero-order chi connectivity index (χ0) is 23.3. The molecule has 0 aromatic heterocycles. The zero-order valence-electron chi connectivity index (χ0n) is 19.0. The van der Waals surface area contributed by atoms with E-state index < -0.39 is 11.7 Å². The number of fused-ring (bicyclic) bond motifs is 1. The second-order valence-corrected chi connectivity index (χ2v) is 8.54.